The van der Waals surface area contributed by atoms with Crippen LogP contribution in [0.5, 0.6) is 0 Å². The van der Waals surface area contributed by atoms with Crippen molar-refractivity contribution in [3.63, 3.8) is 0 Å². The summed E-state index contributed by atoms with van der Waals surface area (Å²) in [5, 5.41) is 7.43. The van der Waals surface area contributed by atoms with Gasteiger partial charge in [0, 0.05) is 18.7 Å². The minimum atomic E-state index is 0.457. The van der Waals surface area contributed by atoms with Crippen molar-refractivity contribution in [2.45, 2.75) is 57.4 Å². The number of hydrogen-bond acceptors (Lipinski definition) is 4. The zero-order valence-electron chi connectivity index (χ0n) is 9.45. The van der Waals surface area contributed by atoms with Crippen molar-refractivity contribution in [2.75, 3.05) is 0 Å². The van der Waals surface area contributed by atoms with E-state index in [1.54, 1.807) is 0 Å². The number of ether oxygens (including phenoxy) is 1. The van der Waals surface area contributed by atoms with E-state index in [4.69, 9.17) is 9.26 Å². The molecule has 1 aromatic rings. The topological polar surface area (TPSA) is 47.3 Å². The van der Waals surface area contributed by atoms with Gasteiger partial charge in [0.05, 0.1) is 11.8 Å². The molecule has 0 aliphatic heterocycles. The van der Waals surface area contributed by atoms with Gasteiger partial charge in [0.15, 0.2) is 5.76 Å². The summed E-state index contributed by atoms with van der Waals surface area (Å²) in [6.45, 7) is 1.39. The predicted octanol–water partition coefficient (Wildman–Crippen LogP) is 2.00. The lowest BCUT2D eigenvalue weighted by Gasteiger charge is -2.24. The van der Waals surface area contributed by atoms with E-state index < -0.39 is 0 Å². The van der Waals surface area contributed by atoms with Crippen LogP contribution in [-0.2, 0) is 17.9 Å². The Balaban J connectivity index is 1.43. The van der Waals surface area contributed by atoms with Gasteiger partial charge in [-0.2, -0.15) is 0 Å². The Morgan fingerprint density at radius 2 is 2.25 bits per heavy atom. The highest BCUT2D eigenvalue weighted by Gasteiger charge is 2.21. The molecular weight excluding hydrogens is 204 g/mol. The molecule has 0 radical (unpaired) electrons. The minimum Gasteiger partial charge on any atom is -0.370 e. The third kappa shape index (κ3) is 2.62. The Hall–Kier alpha value is -0.870. The van der Waals surface area contributed by atoms with E-state index in [0.717, 1.165) is 18.0 Å². The first-order valence-electron chi connectivity index (χ1n) is 6.19. The minimum absolute atomic E-state index is 0.457. The zero-order valence-corrected chi connectivity index (χ0v) is 9.45. The summed E-state index contributed by atoms with van der Waals surface area (Å²) in [5.74, 6) is 0.847. The van der Waals surface area contributed by atoms with Gasteiger partial charge in [0.2, 0.25) is 0 Å². The van der Waals surface area contributed by atoms with Crippen LogP contribution in [0.4, 0.5) is 0 Å². The lowest BCUT2D eigenvalue weighted by molar-refractivity contribution is -0.0174. The summed E-state index contributed by atoms with van der Waals surface area (Å²) in [7, 11) is 0. The van der Waals surface area contributed by atoms with Gasteiger partial charge in [-0.15, -0.1) is 0 Å². The Labute approximate surface area is 95.3 Å². The summed E-state index contributed by atoms with van der Waals surface area (Å²) >= 11 is 0. The van der Waals surface area contributed by atoms with Crippen molar-refractivity contribution in [2.24, 2.45) is 0 Å². The average Bonchev–Trinajstić information content (AvgIpc) is 2.94. The van der Waals surface area contributed by atoms with E-state index in [9.17, 15) is 0 Å². The summed E-state index contributed by atoms with van der Waals surface area (Å²) in [6, 6.07) is 2.71. The maximum Gasteiger partial charge on any atom is 0.162 e. The number of nitrogens with zero attached hydrogens (tertiary/aromatic N) is 1. The fourth-order valence-electron chi connectivity index (χ4n) is 1.78. The normalized spacial score (nSPS) is 21.0. The summed E-state index contributed by atoms with van der Waals surface area (Å²) in [4.78, 5) is 0. The van der Waals surface area contributed by atoms with E-state index in [1.807, 2.05) is 6.07 Å². The maximum atomic E-state index is 5.66. The van der Waals surface area contributed by atoms with Crippen molar-refractivity contribution in [1.29, 1.82) is 0 Å². The number of rotatable bonds is 6. The van der Waals surface area contributed by atoms with Crippen LogP contribution in [0.15, 0.2) is 10.6 Å². The van der Waals surface area contributed by atoms with Crippen LogP contribution in [0.3, 0.4) is 0 Å². The Morgan fingerprint density at radius 1 is 1.38 bits per heavy atom. The summed E-state index contributed by atoms with van der Waals surface area (Å²) < 4.78 is 10.9. The predicted molar refractivity (Wildman–Crippen MR) is 58.8 cm³/mol. The second kappa shape index (κ2) is 4.55. The molecule has 1 heterocycles. The van der Waals surface area contributed by atoms with E-state index in [2.05, 4.69) is 10.5 Å². The molecule has 1 aromatic heterocycles. The number of hydrogen-bond donors (Lipinski definition) is 1. The molecular formula is C12H18N2O2. The third-order valence-electron chi connectivity index (χ3n) is 3.27. The molecule has 0 atom stereocenters. The highest BCUT2D eigenvalue weighted by atomic mass is 16.5. The van der Waals surface area contributed by atoms with Gasteiger partial charge in [-0.05, 0) is 32.1 Å². The number of aromatic nitrogens is 1. The van der Waals surface area contributed by atoms with Crippen LogP contribution in [0, 0.1) is 0 Å². The molecule has 16 heavy (non-hydrogen) atoms. The van der Waals surface area contributed by atoms with Gasteiger partial charge in [0.25, 0.3) is 0 Å². The molecule has 0 unspecified atom stereocenters. The lowest BCUT2D eigenvalue weighted by atomic mass is 9.96. The Bertz CT molecular complexity index is 343. The fourth-order valence-corrected chi connectivity index (χ4v) is 1.78. The first kappa shape index (κ1) is 10.3. The molecule has 2 aliphatic rings. The smallest absolute Gasteiger partial charge is 0.162 e. The molecule has 2 fully saturated rings. The van der Waals surface area contributed by atoms with Crippen molar-refractivity contribution < 1.29 is 9.26 Å². The maximum absolute atomic E-state index is 5.66. The van der Waals surface area contributed by atoms with Crippen molar-refractivity contribution in [3.8, 4) is 0 Å². The molecule has 0 amide bonds. The van der Waals surface area contributed by atoms with Crippen LogP contribution < -0.4 is 5.32 Å². The molecule has 88 valence electrons. The average molecular weight is 222 g/mol. The number of nitrogens with one attached hydrogen (secondary N) is 1. The summed E-state index contributed by atoms with van der Waals surface area (Å²) in [5.41, 5.74) is 0.985. The SMILES string of the molecule is c1c(CNC2CC2)noc1COC1CCC1. The van der Waals surface area contributed by atoms with E-state index in [0.29, 0.717) is 18.8 Å². The first-order chi connectivity index (χ1) is 7.90. The molecule has 0 spiro atoms. The van der Waals surface area contributed by atoms with Crippen molar-refractivity contribution in [3.05, 3.63) is 17.5 Å². The summed E-state index contributed by atoms with van der Waals surface area (Å²) in [6.07, 6.45) is 6.76. The molecule has 1 N–H and O–H groups in total. The van der Waals surface area contributed by atoms with E-state index in [1.165, 1.54) is 32.1 Å². The second-order valence-corrected chi connectivity index (χ2v) is 4.80. The quantitative estimate of drug-likeness (QED) is 0.799. The lowest BCUT2D eigenvalue weighted by Crippen LogP contribution is -2.21. The standard InChI is InChI=1S/C12H18N2O2/c1-2-11(3-1)15-8-12-6-10(14-16-12)7-13-9-4-5-9/h6,9,11,13H,1-5,7-8H2. The Morgan fingerprint density at radius 3 is 2.94 bits per heavy atom. The van der Waals surface area contributed by atoms with Crippen LogP contribution >= 0.6 is 0 Å². The van der Waals surface area contributed by atoms with Crippen LogP contribution in [0.1, 0.15) is 43.6 Å². The van der Waals surface area contributed by atoms with Gasteiger partial charge in [-0.25, -0.2) is 0 Å². The van der Waals surface area contributed by atoms with Gasteiger partial charge < -0.3 is 14.6 Å². The largest absolute Gasteiger partial charge is 0.370 e. The highest BCUT2D eigenvalue weighted by molar-refractivity contribution is 5.05. The van der Waals surface area contributed by atoms with Gasteiger partial charge in [-0.3, -0.25) is 0 Å². The molecule has 3 rings (SSSR count). The van der Waals surface area contributed by atoms with Gasteiger partial charge in [-0.1, -0.05) is 5.16 Å². The van der Waals surface area contributed by atoms with E-state index in [-0.39, 0.29) is 0 Å². The van der Waals surface area contributed by atoms with Crippen LogP contribution in [0.25, 0.3) is 0 Å². The zero-order chi connectivity index (χ0) is 10.8. The van der Waals surface area contributed by atoms with Crippen LogP contribution in [0.2, 0.25) is 0 Å². The second-order valence-electron chi connectivity index (χ2n) is 4.80. The molecule has 4 heteroatoms. The highest BCUT2D eigenvalue weighted by Crippen LogP contribution is 2.23. The van der Waals surface area contributed by atoms with Gasteiger partial charge in [0.1, 0.15) is 6.61 Å². The fraction of sp³-hybridized carbons (Fsp3) is 0.750. The van der Waals surface area contributed by atoms with Crippen molar-refractivity contribution in [1.82, 2.24) is 10.5 Å². The monoisotopic (exact) mass is 222 g/mol. The Kier molecular flexibility index (Phi) is 2.93. The molecule has 0 bridgehead atoms. The molecule has 4 nitrogen and oxygen atoms in total. The molecule has 2 aliphatic carbocycles. The van der Waals surface area contributed by atoms with Crippen LogP contribution in [-0.4, -0.2) is 17.3 Å². The first-order valence-corrected chi connectivity index (χ1v) is 6.19. The molecule has 2 saturated carbocycles. The van der Waals surface area contributed by atoms with Crippen molar-refractivity contribution >= 4 is 0 Å². The van der Waals surface area contributed by atoms with E-state index >= 15 is 0 Å². The molecule has 0 aromatic carbocycles. The molecule has 0 saturated heterocycles. The third-order valence-corrected chi connectivity index (χ3v) is 3.27. The van der Waals surface area contributed by atoms with Gasteiger partial charge >= 0.3 is 0 Å².